The Bertz CT molecular complexity index is 579. The van der Waals surface area contributed by atoms with E-state index in [0.717, 1.165) is 29.7 Å². The van der Waals surface area contributed by atoms with E-state index in [4.69, 9.17) is 23.2 Å². The summed E-state index contributed by atoms with van der Waals surface area (Å²) in [6, 6.07) is 7.52. The highest BCUT2D eigenvalue weighted by Crippen LogP contribution is 2.28. The number of hydrogen-bond donors (Lipinski definition) is 0. The lowest BCUT2D eigenvalue weighted by molar-refractivity contribution is 0.663. The van der Waals surface area contributed by atoms with Crippen LogP contribution in [0.4, 0.5) is 0 Å². The van der Waals surface area contributed by atoms with Gasteiger partial charge in [0.25, 0.3) is 0 Å². The van der Waals surface area contributed by atoms with Crippen molar-refractivity contribution in [1.29, 1.82) is 0 Å². The quantitative estimate of drug-likeness (QED) is 0.726. The Kier molecular flexibility index (Phi) is 3.23. The van der Waals surface area contributed by atoms with Crippen LogP contribution in [-0.2, 0) is 12.8 Å². The molecule has 0 amide bonds. The van der Waals surface area contributed by atoms with Gasteiger partial charge in [-0.25, -0.2) is 9.97 Å². The largest absolute Gasteiger partial charge is 0.233 e. The van der Waals surface area contributed by atoms with Crippen molar-refractivity contribution in [2.75, 3.05) is 0 Å². The molecule has 1 aromatic carbocycles. The molecule has 2 aromatic rings. The van der Waals surface area contributed by atoms with Crippen LogP contribution in [0, 0.1) is 0 Å². The minimum atomic E-state index is 0.602. The average molecular weight is 279 g/mol. The molecule has 0 atom stereocenters. The molecule has 0 aliphatic heterocycles. The lowest BCUT2D eigenvalue weighted by Gasteiger charge is -2.16. The normalized spacial score (nSPS) is 14.3. The summed E-state index contributed by atoms with van der Waals surface area (Å²) in [5.74, 6) is 0.692. The Balaban J connectivity index is 2.08. The number of nitrogens with zero attached hydrogens (tertiary/aromatic N) is 2. The minimum absolute atomic E-state index is 0.602. The molecule has 1 aromatic heterocycles. The van der Waals surface area contributed by atoms with Crippen LogP contribution in [0.5, 0.6) is 0 Å². The Labute approximate surface area is 116 Å². The smallest absolute Gasteiger partial charge is 0.161 e. The molecule has 0 fully saturated rings. The first-order valence-electron chi connectivity index (χ1n) is 6.05. The molecule has 0 radical (unpaired) electrons. The number of halogens is 2. The first-order chi connectivity index (χ1) is 8.74. The zero-order valence-electron chi connectivity index (χ0n) is 9.79. The van der Waals surface area contributed by atoms with E-state index in [1.807, 2.05) is 24.3 Å². The van der Waals surface area contributed by atoms with Crippen molar-refractivity contribution in [3.8, 4) is 11.4 Å². The SMILES string of the molecule is Clc1ccc(-c2nc(Cl)c3c(n2)CCCC3)cc1. The lowest BCUT2D eigenvalue weighted by atomic mass is 9.97. The summed E-state index contributed by atoms with van der Waals surface area (Å²) >= 11 is 12.1. The molecule has 2 nitrogen and oxygen atoms in total. The molecule has 0 unspecified atom stereocenters. The van der Waals surface area contributed by atoms with Gasteiger partial charge in [-0.15, -0.1) is 0 Å². The van der Waals surface area contributed by atoms with E-state index in [0.29, 0.717) is 16.0 Å². The predicted molar refractivity (Wildman–Crippen MR) is 74.1 cm³/mol. The summed E-state index contributed by atoms with van der Waals surface area (Å²) in [7, 11) is 0. The van der Waals surface area contributed by atoms with Gasteiger partial charge in [0.05, 0.1) is 0 Å². The van der Waals surface area contributed by atoms with Crippen LogP contribution in [0.25, 0.3) is 11.4 Å². The van der Waals surface area contributed by atoms with Gasteiger partial charge in [0.15, 0.2) is 5.82 Å². The second kappa shape index (κ2) is 4.87. The van der Waals surface area contributed by atoms with Crippen LogP contribution >= 0.6 is 23.2 Å². The highest BCUT2D eigenvalue weighted by molar-refractivity contribution is 6.30. The van der Waals surface area contributed by atoms with E-state index in [2.05, 4.69) is 9.97 Å². The van der Waals surface area contributed by atoms with Crippen LogP contribution in [0.15, 0.2) is 24.3 Å². The lowest BCUT2D eigenvalue weighted by Crippen LogP contribution is -2.08. The van der Waals surface area contributed by atoms with Crippen LogP contribution in [-0.4, -0.2) is 9.97 Å². The van der Waals surface area contributed by atoms with E-state index < -0.39 is 0 Å². The molecule has 4 heteroatoms. The molecular formula is C14H12Cl2N2. The molecule has 0 saturated heterocycles. The van der Waals surface area contributed by atoms with E-state index in [9.17, 15) is 0 Å². The number of hydrogen-bond acceptors (Lipinski definition) is 2. The molecule has 18 heavy (non-hydrogen) atoms. The Hall–Kier alpha value is -1.12. The topological polar surface area (TPSA) is 25.8 Å². The van der Waals surface area contributed by atoms with Gasteiger partial charge >= 0.3 is 0 Å². The number of rotatable bonds is 1. The Morgan fingerprint density at radius 2 is 1.61 bits per heavy atom. The Morgan fingerprint density at radius 3 is 2.39 bits per heavy atom. The summed E-state index contributed by atoms with van der Waals surface area (Å²) in [6.07, 6.45) is 4.35. The van der Waals surface area contributed by atoms with Crippen LogP contribution < -0.4 is 0 Å². The van der Waals surface area contributed by atoms with Crippen LogP contribution in [0.2, 0.25) is 10.2 Å². The van der Waals surface area contributed by atoms with Crippen molar-refractivity contribution < 1.29 is 0 Å². The third kappa shape index (κ3) is 2.23. The number of aryl methyl sites for hydroxylation is 1. The molecule has 1 heterocycles. The summed E-state index contributed by atoms with van der Waals surface area (Å²) in [5, 5.41) is 1.31. The van der Waals surface area contributed by atoms with E-state index in [1.54, 1.807) is 0 Å². The monoisotopic (exact) mass is 278 g/mol. The number of aromatic nitrogens is 2. The molecule has 0 spiro atoms. The molecule has 0 bridgehead atoms. The molecule has 1 aliphatic rings. The van der Waals surface area contributed by atoms with E-state index >= 15 is 0 Å². The van der Waals surface area contributed by atoms with Crippen molar-refractivity contribution in [1.82, 2.24) is 9.97 Å². The van der Waals surface area contributed by atoms with Gasteiger partial charge in [0.1, 0.15) is 5.15 Å². The zero-order chi connectivity index (χ0) is 12.5. The first-order valence-corrected chi connectivity index (χ1v) is 6.81. The van der Waals surface area contributed by atoms with Gasteiger partial charge in [-0.2, -0.15) is 0 Å². The fourth-order valence-electron chi connectivity index (χ4n) is 2.28. The second-order valence-electron chi connectivity index (χ2n) is 4.48. The number of fused-ring (bicyclic) bond motifs is 1. The summed E-state index contributed by atoms with van der Waals surface area (Å²) in [6.45, 7) is 0. The summed E-state index contributed by atoms with van der Waals surface area (Å²) in [4.78, 5) is 9.03. The summed E-state index contributed by atoms with van der Waals surface area (Å²) < 4.78 is 0. The van der Waals surface area contributed by atoms with Crippen molar-refractivity contribution in [2.45, 2.75) is 25.7 Å². The molecule has 0 saturated carbocycles. The van der Waals surface area contributed by atoms with Gasteiger partial charge in [-0.05, 0) is 49.9 Å². The highest BCUT2D eigenvalue weighted by Gasteiger charge is 2.17. The second-order valence-corrected chi connectivity index (χ2v) is 5.27. The van der Waals surface area contributed by atoms with E-state index in [-0.39, 0.29) is 0 Å². The maximum Gasteiger partial charge on any atom is 0.161 e. The fourth-order valence-corrected chi connectivity index (χ4v) is 2.69. The van der Waals surface area contributed by atoms with E-state index in [1.165, 1.54) is 12.8 Å². The van der Waals surface area contributed by atoms with Crippen LogP contribution in [0.3, 0.4) is 0 Å². The van der Waals surface area contributed by atoms with Gasteiger partial charge in [-0.1, -0.05) is 23.2 Å². The maximum absolute atomic E-state index is 6.25. The van der Waals surface area contributed by atoms with Crippen molar-refractivity contribution >= 4 is 23.2 Å². The standard InChI is InChI=1S/C14H12Cl2N2/c15-10-7-5-9(6-8-10)14-17-12-4-2-1-3-11(12)13(16)18-14/h5-8H,1-4H2. The Morgan fingerprint density at radius 1 is 0.889 bits per heavy atom. The minimum Gasteiger partial charge on any atom is -0.233 e. The molecular weight excluding hydrogens is 267 g/mol. The average Bonchev–Trinajstić information content (AvgIpc) is 2.39. The van der Waals surface area contributed by atoms with Gasteiger partial charge in [0.2, 0.25) is 0 Å². The zero-order valence-corrected chi connectivity index (χ0v) is 11.3. The predicted octanol–water partition coefficient (Wildman–Crippen LogP) is 4.33. The summed E-state index contributed by atoms with van der Waals surface area (Å²) in [5.41, 5.74) is 3.18. The molecule has 1 aliphatic carbocycles. The third-order valence-corrected chi connectivity index (χ3v) is 3.80. The van der Waals surface area contributed by atoms with Crippen molar-refractivity contribution in [2.24, 2.45) is 0 Å². The van der Waals surface area contributed by atoms with Gasteiger partial charge < -0.3 is 0 Å². The highest BCUT2D eigenvalue weighted by atomic mass is 35.5. The van der Waals surface area contributed by atoms with Crippen molar-refractivity contribution in [3.05, 3.63) is 45.7 Å². The van der Waals surface area contributed by atoms with Crippen LogP contribution in [0.1, 0.15) is 24.1 Å². The van der Waals surface area contributed by atoms with Gasteiger partial charge in [0, 0.05) is 21.8 Å². The maximum atomic E-state index is 6.25. The van der Waals surface area contributed by atoms with Crippen molar-refractivity contribution in [3.63, 3.8) is 0 Å². The first kappa shape index (κ1) is 11.9. The van der Waals surface area contributed by atoms with Gasteiger partial charge in [-0.3, -0.25) is 0 Å². The molecule has 92 valence electrons. The fraction of sp³-hybridized carbons (Fsp3) is 0.286. The number of benzene rings is 1. The molecule has 0 N–H and O–H groups in total. The molecule has 3 rings (SSSR count). The third-order valence-electron chi connectivity index (χ3n) is 3.24.